The number of nitrogens with one attached hydrogen (secondary N) is 1. The van der Waals surface area contributed by atoms with Gasteiger partial charge >= 0.3 is 0 Å². The Bertz CT molecular complexity index is 1430. The summed E-state index contributed by atoms with van der Waals surface area (Å²) in [6.07, 6.45) is 6.17. The maximum atomic E-state index is 14.8. The predicted octanol–water partition coefficient (Wildman–Crippen LogP) is 6.06. The number of fused-ring (bicyclic) bond motifs is 3. The highest BCUT2D eigenvalue weighted by Crippen LogP contribution is 2.35. The van der Waals surface area contributed by atoms with Crippen LogP contribution in [0.2, 0.25) is 5.02 Å². The van der Waals surface area contributed by atoms with Gasteiger partial charge in [-0.05, 0) is 49.8 Å². The Kier molecular flexibility index (Phi) is 6.22. The maximum Gasteiger partial charge on any atom is 0.223 e. The second-order valence-electron chi connectivity index (χ2n) is 8.75. The molecule has 0 amide bonds. The van der Waals surface area contributed by atoms with E-state index in [2.05, 4.69) is 15.3 Å². The van der Waals surface area contributed by atoms with Crippen LogP contribution >= 0.6 is 11.6 Å². The van der Waals surface area contributed by atoms with Crippen LogP contribution in [0.1, 0.15) is 30.0 Å². The first-order valence-corrected chi connectivity index (χ1v) is 11.6. The van der Waals surface area contributed by atoms with E-state index in [1.807, 2.05) is 19.1 Å². The summed E-state index contributed by atoms with van der Waals surface area (Å²) < 4.78 is 40.3. The Balaban J connectivity index is 1.58. The van der Waals surface area contributed by atoms with Crippen molar-refractivity contribution < 1.29 is 18.3 Å². The number of hydrogen-bond acceptors (Lipinski definition) is 6. The number of nitrogens with zero attached hydrogens (tertiary/aromatic N) is 3. The van der Waals surface area contributed by atoms with E-state index in [1.165, 1.54) is 18.2 Å². The first-order valence-electron chi connectivity index (χ1n) is 11.3. The Hall–Kier alpha value is -3.78. The molecule has 36 heavy (non-hydrogen) atoms. The molecular weight excluding hydrogens is 486 g/mol. The van der Waals surface area contributed by atoms with Crippen LogP contribution in [0.4, 0.5) is 14.7 Å². The number of ether oxygens (including phenoxy) is 2. The van der Waals surface area contributed by atoms with E-state index in [0.29, 0.717) is 45.7 Å². The van der Waals surface area contributed by atoms with Gasteiger partial charge in [0, 0.05) is 27.9 Å². The van der Waals surface area contributed by atoms with E-state index in [1.54, 1.807) is 38.6 Å². The van der Waals surface area contributed by atoms with Gasteiger partial charge in [0.05, 0.1) is 43.3 Å². The van der Waals surface area contributed by atoms with Gasteiger partial charge < -0.3 is 14.8 Å². The number of anilines is 1. The van der Waals surface area contributed by atoms with E-state index >= 15 is 0 Å². The molecule has 6 nitrogen and oxygen atoms in total. The number of halogens is 3. The summed E-state index contributed by atoms with van der Waals surface area (Å²) in [7, 11) is 3.18. The third-order valence-corrected chi connectivity index (χ3v) is 6.44. The number of benzene rings is 2. The minimum atomic E-state index is -0.700. The highest BCUT2D eigenvalue weighted by Gasteiger charge is 2.30. The molecule has 0 saturated carbocycles. The summed E-state index contributed by atoms with van der Waals surface area (Å²) in [5.41, 5.74) is 1.92. The van der Waals surface area contributed by atoms with E-state index in [-0.39, 0.29) is 17.8 Å². The molecule has 0 fully saturated rings. The Labute approximate surface area is 212 Å². The number of aromatic nitrogens is 2. The lowest BCUT2D eigenvalue weighted by molar-refractivity contribution is 0.211. The Morgan fingerprint density at radius 3 is 2.50 bits per heavy atom. The lowest BCUT2D eigenvalue weighted by Gasteiger charge is -2.31. The van der Waals surface area contributed by atoms with Crippen molar-refractivity contribution in [1.29, 1.82) is 0 Å². The van der Waals surface area contributed by atoms with Crippen molar-refractivity contribution in [2.24, 2.45) is 4.99 Å². The summed E-state index contributed by atoms with van der Waals surface area (Å²) in [6, 6.07) is 8.89. The average molecular weight is 509 g/mol. The molecule has 2 aromatic carbocycles. The molecule has 1 aliphatic heterocycles. The standard InChI is InChI=1S/C27H23ClF2N4O2/c1-27(10-9-21(35-2)22(12-27)36-3)34-26-32-14-15-13-31-25(23-19(29)5-4-6-20(23)30)18-11-16(28)7-8-17(18)24(15)33-26/h4-9,11-12,14H,10,13H2,1-3H3,(H,32,33,34). The number of methoxy groups -OCH3 is 2. The molecule has 184 valence electrons. The molecule has 1 unspecified atom stereocenters. The fourth-order valence-electron chi connectivity index (χ4n) is 4.43. The lowest BCUT2D eigenvalue weighted by atomic mass is 9.92. The first kappa shape index (κ1) is 23.9. The van der Waals surface area contributed by atoms with Crippen LogP contribution in [-0.2, 0) is 16.0 Å². The topological polar surface area (TPSA) is 68.6 Å². The van der Waals surface area contributed by atoms with Crippen molar-refractivity contribution in [3.8, 4) is 11.3 Å². The van der Waals surface area contributed by atoms with Gasteiger partial charge in [-0.2, -0.15) is 0 Å². The van der Waals surface area contributed by atoms with Gasteiger partial charge in [-0.15, -0.1) is 0 Å². The van der Waals surface area contributed by atoms with E-state index in [4.69, 9.17) is 26.1 Å². The zero-order chi connectivity index (χ0) is 25.4. The minimum Gasteiger partial charge on any atom is -0.493 e. The maximum absolute atomic E-state index is 14.8. The first-order chi connectivity index (χ1) is 17.3. The second-order valence-corrected chi connectivity index (χ2v) is 9.19. The number of rotatable bonds is 5. The van der Waals surface area contributed by atoms with Crippen molar-refractivity contribution >= 4 is 23.3 Å². The third kappa shape index (κ3) is 4.33. The molecule has 0 radical (unpaired) electrons. The molecule has 0 saturated heterocycles. The fraction of sp³-hybridized carbons (Fsp3) is 0.222. The van der Waals surface area contributed by atoms with Gasteiger partial charge in [-0.25, -0.2) is 18.7 Å². The zero-order valence-corrected chi connectivity index (χ0v) is 20.7. The molecule has 9 heteroatoms. The summed E-state index contributed by atoms with van der Waals surface area (Å²) in [5, 5.41) is 3.80. The van der Waals surface area contributed by atoms with Gasteiger partial charge in [0.2, 0.25) is 5.95 Å². The van der Waals surface area contributed by atoms with Crippen molar-refractivity contribution in [1.82, 2.24) is 9.97 Å². The molecule has 1 aliphatic carbocycles. The summed E-state index contributed by atoms with van der Waals surface area (Å²) >= 11 is 6.30. The third-order valence-electron chi connectivity index (χ3n) is 6.20. The van der Waals surface area contributed by atoms with Crippen molar-refractivity contribution in [3.05, 3.63) is 99.6 Å². The Morgan fingerprint density at radius 2 is 1.78 bits per heavy atom. The second kappa shape index (κ2) is 9.35. The van der Waals surface area contributed by atoms with E-state index in [0.717, 1.165) is 5.56 Å². The Morgan fingerprint density at radius 1 is 1.03 bits per heavy atom. The highest BCUT2D eigenvalue weighted by atomic mass is 35.5. The van der Waals surface area contributed by atoms with Crippen LogP contribution in [0.15, 0.2) is 71.3 Å². The van der Waals surface area contributed by atoms with Gasteiger partial charge in [-0.3, -0.25) is 4.99 Å². The van der Waals surface area contributed by atoms with Gasteiger partial charge in [0.15, 0.2) is 11.5 Å². The van der Waals surface area contributed by atoms with Gasteiger partial charge in [0.1, 0.15) is 11.6 Å². The molecule has 1 N–H and O–H groups in total. The predicted molar refractivity (Wildman–Crippen MR) is 135 cm³/mol. The van der Waals surface area contributed by atoms with Crippen LogP contribution in [0.25, 0.3) is 11.3 Å². The number of aliphatic imine (C=N–C) groups is 1. The van der Waals surface area contributed by atoms with Crippen LogP contribution in [0.5, 0.6) is 0 Å². The SMILES string of the molecule is COC1=CCC(C)(Nc2ncc3c(n2)-c2ccc(Cl)cc2C(c2c(F)cccc2F)=NC3)C=C1OC. The average Bonchev–Trinajstić information content (AvgIpc) is 3.00. The van der Waals surface area contributed by atoms with Crippen LogP contribution in [0.3, 0.4) is 0 Å². The lowest BCUT2D eigenvalue weighted by Crippen LogP contribution is -2.35. The molecular formula is C27H23ClF2N4O2. The monoisotopic (exact) mass is 508 g/mol. The summed E-state index contributed by atoms with van der Waals surface area (Å²) in [4.78, 5) is 13.9. The molecule has 5 rings (SSSR count). The highest BCUT2D eigenvalue weighted by molar-refractivity contribution is 6.31. The van der Waals surface area contributed by atoms with Gasteiger partial charge in [0.25, 0.3) is 0 Å². The molecule has 2 heterocycles. The quantitative estimate of drug-likeness (QED) is 0.453. The smallest absolute Gasteiger partial charge is 0.223 e. The van der Waals surface area contributed by atoms with Crippen molar-refractivity contribution in [3.63, 3.8) is 0 Å². The molecule has 0 spiro atoms. The summed E-state index contributed by atoms with van der Waals surface area (Å²) in [6.45, 7) is 2.15. The molecule has 2 aliphatic rings. The molecule has 3 aromatic rings. The normalized spacial score (nSPS) is 18.7. The number of hydrogen-bond donors (Lipinski definition) is 1. The fourth-order valence-corrected chi connectivity index (χ4v) is 4.60. The summed E-state index contributed by atoms with van der Waals surface area (Å²) in [5.74, 6) is 0.259. The molecule has 0 bridgehead atoms. The van der Waals surface area contributed by atoms with Crippen LogP contribution in [0, 0.1) is 11.6 Å². The zero-order valence-electron chi connectivity index (χ0n) is 19.9. The van der Waals surface area contributed by atoms with Crippen LogP contribution < -0.4 is 5.32 Å². The van der Waals surface area contributed by atoms with Crippen molar-refractivity contribution in [2.45, 2.75) is 25.4 Å². The largest absolute Gasteiger partial charge is 0.493 e. The molecule has 1 aromatic heterocycles. The van der Waals surface area contributed by atoms with Crippen LogP contribution in [-0.4, -0.2) is 35.4 Å². The van der Waals surface area contributed by atoms with E-state index in [9.17, 15) is 8.78 Å². The van der Waals surface area contributed by atoms with Gasteiger partial charge in [-0.1, -0.05) is 23.7 Å². The minimum absolute atomic E-state index is 0.149. The van der Waals surface area contributed by atoms with Crippen molar-refractivity contribution in [2.75, 3.05) is 19.5 Å². The molecule has 1 atom stereocenters. The van der Waals surface area contributed by atoms with E-state index < -0.39 is 17.2 Å².